The number of thiazole rings is 1. The predicted molar refractivity (Wildman–Crippen MR) is 74.0 cm³/mol. The zero-order chi connectivity index (χ0) is 12.4. The molecule has 1 atom stereocenters. The number of nitrogens with one attached hydrogen (secondary N) is 2. The van der Waals surface area contributed by atoms with E-state index in [1.54, 1.807) is 0 Å². The van der Waals surface area contributed by atoms with Crippen LogP contribution in [0, 0.1) is 13.8 Å². The summed E-state index contributed by atoms with van der Waals surface area (Å²) in [5.41, 5.74) is 2.31. The zero-order valence-corrected chi connectivity index (χ0v) is 11.8. The minimum atomic E-state index is 0.0111. The molecular weight excluding hydrogens is 252 g/mol. The second kappa shape index (κ2) is 5.16. The van der Waals surface area contributed by atoms with Crippen LogP contribution in [0.4, 0.5) is 0 Å². The van der Waals surface area contributed by atoms with Crippen LogP contribution in [0.1, 0.15) is 34.0 Å². The smallest absolute Gasteiger partial charge is 0.304 e. The fourth-order valence-electron chi connectivity index (χ4n) is 1.85. The fraction of sp³-hybridized carbons (Fsp3) is 0.417. The van der Waals surface area contributed by atoms with Gasteiger partial charge >= 0.3 is 4.87 Å². The van der Waals surface area contributed by atoms with Crippen molar-refractivity contribution in [3.63, 3.8) is 0 Å². The lowest BCUT2D eigenvalue weighted by atomic mass is 10.1. The van der Waals surface area contributed by atoms with Crippen LogP contribution in [0.2, 0.25) is 0 Å². The fourth-order valence-corrected chi connectivity index (χ4v) is 3.46. The van der Waals surface area contributed by atoms with E-state index in [1.165, 1.54) is 26.7 Å². The Kier molecular flexibility index (Phi) is 3.81. The number of H-pyrrole nitrogens is 1. The van der Waals surface area contributed by atoms with Gasteiger partial charge < -0.3 is 10.3 Å². The molecule has 2 N–H and O–H groups in total. The van der Waals surface area contributed by atoms with Crippen molar-refractivity contribution in [2.24, 2.45) is 0 Å². The molecule has 0 aromatic carbocycles. The Bertz CT molecular complexity index is 553. The average molecular weight is 268 g/mol. The normalized spacial score (nSPS) is 12.9. The first-order valence-electron chi connectivity index (χ1n) is 5.53. The maximum Gasteiger partial charge on any atom is 0.304 e. The van der Waals surface area contributed by atoms with Gasteiger partial charge in [0.05, 0.1) is 0 Å². The van der Waals surface area contributed by atoms with Gasteiger partial charge in [-0.25, -0.2) is 0 Å². The molecule has 2 aromatic rings. The van der Waals surface area contributed by atoms with E-state index in [2.05, 4.69) is 37.1 Å². The highest BCUT2D eigenvalue weighted by Crippen LogP contribution is 2.26. The van der Waals surface area contributed by atoms with Gasteiger partial charge in [0.1, 0.15) is 0 Å². The maximum atomic E-state index is 11.0. The molecule has 2 rings (SSSR count). The van der Waals surface area contributed by atoms with Crippen LogP contribution in [0.5, 0.6) is 0 Å². The van der Waals surface area contributed by atoms with Crippen molar-refractivity contribution in [3.8, 4) is 0 Å². The van der Waals surface area contributed by atoms with Gasteiger partial charge in [0.25, 0.3) is 0 Å². The SMILES string of the molecule is Cc1cc(C(C)NCc2csc(=O)[nH]2)c(C)s1. The van der Waals surface area contributed by atoms with Gasteiger partial charge in [-0.3, -0.25) is 4.79 Å². The van der Waals surface area contributed by atoms with Gasteiger partial charge in [-0.1, -0.05) is 11.3 Å². The number of hydrogen-bond donors (Lipinski definition) is 2. The predicted octanol–water partition coefficient (Wildman–Crippen LogP) is 2.97. The molecule has 0 amide bonds. The molecule has 0 aliphatic rings. The first-order valence-corrected chi connectivity index (χ1v) is 7.23. The molecule has 0 bridgehead atoms. The summed E-state index contributed by atoms with van der Waals surface area (Å²) in [7, 11) is 0. The van der Waals surface area contributed by atoms with E-state index in [-0.39, 0.29) is 4.87 Å². The van der Waals surface area contributed by atoms with Gasteiger partial charge in [-0.15, -0.1) is 11.3 Å². The van der Waals surface area contributed by atoms with Crippen molar-refractivity contribution in [1.29, 1.82) is 0 Å². The number of aryl methyl sites for hydroxylation is 2. The van der Waals surface area contributed by atoms with E-state index in [4.69, 9.17) is 0 Å². The molecule has 0 saturated carbocycles. The summed E-state index contributed by atoms with van der Waals surface area (Å²) < 4.78 is 0. The summed E-state index contributed by atoms with van der Waals surface area (Å²) in [6.07, 6.45) is 0. The molecule has 92 valence electrons. The Morgan fingerprint density at radius 1 is 1.47 bits per heavy atom. The lowest BCUT2D eigenvalue weighted by Gasteiger charge is -2.12. The summed E-state index contributed by atoms with van der Waals surface area (Å²) in [6, 6.07) is 2.54. The van der Waals surface area contributed by atoms with Crippen molar-refractivity contribution in [1.82, 2.24) is 10.3 Å². The van der Waals surface area contributed by atoms with Crippen LogP contribution in [-0.4, -0.2) is 4.98 Å². The van der Waals surface area contributed by atoms with E-state index in [1.807, 2.05) is 16.7 Å². The van der Waals surface area contributed by atoms with Crippen LogP contribution in [-0.2, 0) is 6.54 Å². The average Bonchev–Trinajstić information content (AvgIpc) is 2.81. The summed E-state index contributed by atoms with van der Waals surface area (Å²) >= 11 is 3.04. The number of thiophene rings is 1. The largest absolute Gasteiger partial charge is 0.315 e. The summed E-state index contributed by atoms with van der Waals surface area (Å²) in [6.45, 7) is 7.13. The second-order valence-electron chi connectivity index (χ2n) is 4.14. The van der Waals surface area contributed by atoms with Gasteiger partial charge in [0, 0.05) is 33.4 Å². The summed E-state index contributed by atoms with van der Waals surface area (Å²) in [5.74, 6) is 0. The molecular formula is C12H16N2OS2. The van der Waals surface area contributed by atoms with Crippen molar-refractivity contribution < 1.29 is 0 Å². The van der Waals surface area contributed by atoms with Crippen molar-refractivity contribution >= 4 is 22.7 Å². The number of rotatable bonds is 4. The topological polar surface area (TPSA) is 44.9 Å². The van der Waals surface area contributed by atoms with Crippen LogP contribution in [0.3, 0.4) is 0 Å². The monoisotopic (exact) mass is 268 g/mol. The molecule has 0 aliphatic heterocycles. The first kappa shape index (κ1) is 12.5. The van der Waals surface area contributed by atoms with Gasteiger partial charge in [0.2, 0.25) is 0 Å². The molecule has 2 aromatic heterocycles. The maximum absolute atomic E-state index is 11.0. The van der Waals surface area contributed by atoms with E-state index < -0.39 is 0 Å². The summed E-state index contributed by atoms with van der Waals surface area (Å²) in [4.78, 5) is 16.5. The minimum absolute atomic E-state index is 0.0111. The quantitative estimate of drug-likeness (QED) is 0.895. The first-order chi connectivity index (χ1) is 8.06. The third kappa shape index (κ3) is 3.06. The molecule has 0 saturated heterocycles. The Labute approximate surface area is 109 Å². The Morgan fingerprint density at radius 2 is 2.24 bits per heavy atom. The summed E-state index contributed by atoms with van der Waals surface area (Å²) in [5, 5.41) is 5.29. The van der Waals surface area contributed by atoms with Crippen LogP contribution < -0.4 is 10.2 Å². The lowest BCUT2D eigenvalue weighted by molar-refractivity contribution is 0.568. The van der Waals surface area contributed by atoms with Gasteiger partial charge in [0.15, 0.2) is 0 Å². The molecule has 0 spiro atoms. The second-order valence-corrected chi connectivity index (χ2v) is 6.45. The van der Waals surface area contributed by atoms with E-state index in [9.17, 15) is 4.79 Å². The van der Waals surface area contributed by atoms with E-state index in [0.717, 1.165) is 5.69 Å². The standard InChI is InChI=1S/C12H16N2OS2/c1-7-4-11(9(3)17-7)8(2)13-5-10-6-16-12(15)14-10/h4,6,8,13H,5H2,1-3H3,(H,14,15). The number of hydrogen-bond acceptors (Lipinski definition) is 4. The molecule has 0 aliphatic carbocycles. The Morgan fingerprint density at radius 3 is 2.76 bits per heavy atom. The van der Waals surface area contributed by atoms with Crippen molar-refractivity contribution in [2.45, 2.75) is 33.4 Å². The highest BCUT2D eigenvalue weighted by Gasteiger charge is 2.10. The highest BCUT2D eigenvalue weighted by atomic mass is 32.1. The Hall–Kier alpha value is -0.910. The molecule has 0 fully saturated rings. The van der Waals surface area contributed by atoms with Crippen LogP contribution in [0.15, 0.2) is 16.2 Å². The highest BCUT2D eigenvalue weighted by molar-refractivity contribution is 7.12. The lowest BCUT2D eigenvalue weighted by Crippen LogP contribution is -2.18. The molecule has 5 heteroatoms. The van der Waals surface area contributed by atoms with Crippen LogP contribution in [0.25, 0.3) is 0 Å². The Balaban J connectivity index is 2.00. The molecule has 3 nitrogen and oxygen atoms in total. The molecule has 0 radical (unpaired) electrons. The van der Waals surface area contributed by atoms with E-state index in [0.29, 0.717) is 12.6 Å². The van der Waals surface area contributed by atoms with E-state index >= 15 is 0 Å². The zero-order valence-electron chi connectivity index (χ0n) is 10.2. The number of aromatic amines is 1. The number of aromatic nitrogens is 1. The third-order valence-corrected chi connectivity index (χ3v) is 4.42. The van der Waals surface area contributed by atoms with Crippen molar-refractivity contribution in [2.75, 3.05) is 0 Å². The minimum Gasteiger partial charge on any atom is -0.315 e. The molecule has 2 heterocycles. The van der Waals surface area contributed by atoms with Gasteiger partial charge in [-0.2, -0.15) is 0 Å². The van der Waals surface area contributed by atoms with Crippen molar-refractivity contribution in [3.05, 3.63) is 42.1 Å². The van der Waals surface area contributed by atoms with Gasteiger partial charge in [-0.05, 0) is 32.4 Å². The third-order valence-electron chi connectivity index (χ3n) is 2.72. The van der Waals surface area contributed by atoms with Crippen LogP contribution >= 0.6 is 22.7 Å². The molecule has 17 heavy (non-hydrogen) atoms. The molecule has 1 unspecified atom stereocenters.